The van der Waals surface area contributed by atoms with Crippen LogP contribution in [0.2, 0.25) is 0 Å². The van der Waals surface area contributed by atoms with Crippen molar-refractivity contribution in [1.29, 1.82) is 0 Å². The second kappa shape index (κ2) is 8.28. The fourth-order valence-electron chi connectivity index (χ4n) is 2.56. The number of thiazole rings is 1. The van der Waals surface area contributed by atoms with Gasteiger partial charge in [-0.15, -0.1) is 11.8 Å². The van der Waals surface area contributed by atoms with Gasteiger partial charge in [0.25, 0.3) is 0 Å². The van der Waals surface area contributed by atoms with Crippen molar-refractivity contribution in [2.75, 3.05) is 38.3 Å². The van der Waals surface area contributed by atoms with Gasteiger partial charge in [0.1, 0.15) is 4.21 Å². The van der Waals surface area contributed by atoms with Crippen LogP contribution < -0.4 is 4.90 Å². The first kappa shape index (κ1) is 19.7. The van der Waals surface area contributed by atoms with Crippen molar-refractivity contribution in [2.45, 2.75) is 30.2 Å². The number of halogens is 1. The van der Waals surface area contributed by atoms with Crippen LogP contribution >= 0.6 is 39.0 Å². The molecule has 3 heterocycles. The second-order valence-electron chi connectivity index (χ2n) is 6.02. The summed E-state index contributed by atoms with van der Waals surface area (Å²) in [5.74, 6) is 0.491. The van der Waals surface area contributed by atoms with Gasteiger partial charge in [0.2, 0.25) is 5.13 Å². The number of carbonyl (C=O) groups is 1. The molecule has 0 aliphatic carbocycles. The first-order valence-corrected chi connectivity index (χ1v) is 10.7. The van der Waals surface area contributed by atoms with E-state index in [1.54, 1.807) is 16.4 Å². The topological polar surface area (TPSA) is 69.5 Å². The molecule has 2 aromatic heterocycles. The van der Waals surface area contributed by atoms with Crippen molar-refractivity contribution in [3.63, 3.8) is 0 Å². The van der Waals surface area contributed by atoms with Crippen LogP contribution in [0.5, 0.6) is 0 Å². The van der Waals surface area contributed by atoms with E-state index in [1.165, 1.54) is 18.4 Å². The molecular formula is C16H21BrN4O3S2. The number of thioether (sulfide) groups is 1. The van der Waals surface area contributed by atoms with Crippen LogP contribution in [0.25, 0.3) is 5.13 Å². The lowest BCUT2D eigenvalue weighted by atomic mass is 10.4. The number of methoxy groups -OCH3 is 1. The van der Waals surface area contributed by atoms with Gasteiger partial charge in [0.05, 0.1) is 30.5 Å². The zero-order valence-electron chi connectivity index (χ0n) is 15.1. The van der Waals surface area contributed by atoms with Crippen LogP contribution in [0, 0.1) is 6.92 Å². The summed E-state index contributed by atoms with van der Waals surface area (Å²) in [6, 6.07) is 0. The third kappa shape index (κ3) is 3.92. The molecule has 0 unspecified atom stereocenters. The molecule has 0 saturated carbocycles. The van der Waals surface area contributed by atoms with E-state index in [0.717, 1.165) is 23.1 Å². The van der Waals surface area contributed by atoms with Crippen molar-refractivity contribution in [2.24, 2.45) is 0 Å². The van der Waals surface area contributed by atoms with Gasteiger partial charge >= 0.3 is 5.97 Å². The first-order chi connectivity index (χ1) is 12.4. The Morgan fingerprint density at radius 1 is 1.38 bits per heavy atom. The van der Waals surface area contributed by atoms with E-state index in [1.807, 2.05) is 6.92 Å². The molecule has 0 spiro atoms. The van der Waals surface area contributed by atoms with E-state index < -0.39 is 5.97 Å². The van der Waals surface area contributed by atoms with Crippen LogP contribution in [-0.4, -0.2) is 59.4 Å². The number of ether oxygens (including phenoxy) is 2. The van der Waals surface area contributed by atoms with Gasteiger partial charge in [-0.05, 0) is 22.9 Å². The average molecular weight is 461 g/mol. The average Bonchev–Trinajstić information content (AvgIpc) is 3.16. The monoisotopic (exact) mass is 460 g/mol. The molecule has 0 N–H and O–H groups in total. The highest BCUT2D eigenvalue weighted by molar-refractivity contribution is 9.10. The van der Waals surface area contributed by atoms with Gasteiger partial charge in [-0.3, -0.25) is 0 Å². The fraction of sp³-hybridized carbons (Fsp3) is 0.562. The molecule has 0 aromatic carbocycles. The molecule has 1 saturated heterocycles. The second-order valence-corrected chi connectivity index (χ2v) is 9.64. The Bertz CT molecular complexity index is 800. The zero-order chi connectivity index (χ0) is 18.8. The number of hydrogen-bond donors (Lipinski definition) is 0. The highest BCUT2D eigenvalue weighted by atomic mass is 79.9. The normalized spacial score (nSPS) is 14.9. The van der Waals surface area contributed by atoms with Gasteiger partial charge in [-0.25, -0.2) is 4.79 Å². The number of aromatic nitrogens is 3. The van der Waals surface area contributed by atoms with Crippen LogP contribution in [0.3, 0.4) is 0 Å². The molecule has 2 aromatic rings. The third-order valence-corrected chi connectivity index (χ3v) is 6.94. The summed E-state index contributed by atoms with van der Waals surface area (Å²) >= 11 is 6.75. The smallest absolute Gasteiger partial charge is 0.358 e. The van der Waals surface area contributed by atoms with Crippen molar-refractivity contribution in [3.8, 4) is 5.13 Å². The highest BCUT2D eigenvalue weighted by Crippen LogP contribution is 2.40. The standard InChI is InChI=1S/C16H21BrN4O3S2/c1-9(2)25-15-13(20-5-7-24-8-6-20)18-16(26-15)21-12(14(22)23-4)11(17)10(3)19-21/h9H,5-8H2,1-4H3. The van der Waals surface area contributed by atoms with E-state index in [4.69, 9.17) is 14.5 Å². The summed E-state index contributed by atoms with van der Waals surface area (Å²) in [5.41, 5.74) is 1.07. The van der Waals surface area contributed by atoms with Gasteiger partial charge in [0, 0.05) is 18.3 Å². The number of aryl methyl sites for hydroxylation is 1. The molecule has 1 aliphatic heterocycles. The van der Waals surface area contributed by atoms with Gasteiger partial charge < -0.3 is 14.4 Å². The Hall–Kier alpha value is -1.10. The van der Waals surface area contributed by atoms with Crippen molar-refractivity contribution >= 4 is 50.8 Å². The summed E-state index contributed by atoms with van der Waals surface area (Å²) in [6.45, 7) is 9.15. The lowest BCUT2D eigenvalue weighted by Crippen LogP contribution is -2.36. The van der Waals surface area contributed by atoms with E-state index >= 15 is 0 Å². The predicted molar refractivity (Wildman–Crippen MR) is 107 cm³/mol. The van der Waals surface area contributed by atoms with Crippen molar-refractivity contribution in [1.82, 2.24) is 14.8 Å². The Morgan fingerprint density at radius 2 is 2.08 bits per heavy atom. The number of carbonyl (C=O) groups excluding carboxylic acids is 1. The van der Waals surface area contributed by atoms with Gasteiger partial charge in [0.15, 0.2) is 11.5 Å². The number of anilines is 1. The van der Waals surface area contributed by atoms with Crippen molar-refractivity contribution in [3.05, 3.63) is 15.9 Å². The molecule has 1 fully saturated rings. The van der Waals surface area contributed by atoms with E-state index in [0.29, 0.717) is 39.5 Å². The maximum Gasteiger partial charge on any atom is 0.358 e. The van der Waals surface area contributed by atoms with Crippen LogP contribution in [0.15, 0.2) is 8.68 Å². The number of hydrogen-bond acceptors (Lipinski definition) is 8. The molecule has 0 amide bonds. The predicted octanol–water partition coefficient (Wildman–Crippen LogP) is 3.52. The molecule has 26 heavy (non-hydrogen) atoms. The van der Waals surface area contributed by atoms with Crippen LogP contribution in [0.1, 0.15) is 30.0 Å². The summed E-state index contributed by atoms with van der Waals surface area (Å²) in [4.78, 5) is 19.3. The van der Waals surface area contributed by atoms with E-state index in [-0.39, 0.29) is 0 Å². The third-order valence-electron chi connectivity index (χ3n) is 3.77. The minimum absolute atomic E-state index is 0.355. The largest absolute Gasteiger partial charge is 0.464 e. The fourth-order valence-corrected chi connectivity index (χ4v) is 5.46. The molecule has 7 nitrogen and oxygen atoms in total. The molecule has 0 atom stereocenters. The van der Waals surface area contributed by atoms with Gasteiger partial charge in [-0.1, -0.05) is 25.2 Å². The van der Waals surface area contributed by atoms with Crippen LogP contribution in [-0.2, 0) is 9.47 Å². The Balaban J connectivity index is 2.07. The lowest BCUT2D eigenvalue weighted by molar-refractivity contribution is 0.0589. The number of esters is 1. The number of rotatable bonds is 5. The maximum absolute atomic E-state index is 12.2. The van der Waals surface area contributed by atoms with Crippen LogP contribution in [0.4, 0.5) is 5.82 Å². The SMILES string of the molecule is COC(=O)c1c(Br)c(C)nn1-c1nc(N2CCOCC2)c(SC(C)C)s1. The van der Waals surface area contributed by atoms with E-state index in [9.17, 15) is 4.79 Å². The summed E-state index contributed by atoms with van der Waals surface area (Å²) in [5, 5.41) is 5.57. The summed E-state index contributed by atoms with van der Waals surface area (Å²) in [6.07, 6.45) is 0. The minimum atomic E-state index is -0.446. The lowest BCUT2D eigenvalue weighted by Gasteiger charge is -2.27. The Labute approximate surface area is 169 Å². The molecule has 10 heteroatoms. The molecule has 0 bridgehead atoms. The quantitative estimate of drug-likeness (QED) is 0.499. The van der Waals surface area contributed by atoms with Crippen molar-refractivity contribution < 1.29 is 14.3 Å². The maximum atomic E-state index is 12.2. The van der Waals surface area contributed by atoms with Gasteiger partial charge in [-0.2, -0.15) is 14.8 Å². The number of morpholine rings is 1. The molecule has 1 aliphatic rings. The summed E-state index contributed by atoms with van der Waals surface area (Å²) in [7, 11) is 1.36. The van der Waals surface area contributed by atoms with E-state index in [2.05, 4.69) is 39.8 Å². The minimum Gasteiger partial charge on any atom is -0.464 e. The molecule has 142 valence electrons. The number of nitrogens with zero attached hydrogens (tertiary/aromatic N) is 4. The zero-order valence-corrected chi connectivity index (χ0v) is 18.3. The molecule has 3 rings (SSSR count). The molecular weight excluding hydrogens is 440 g/mol. The summed E-state index contributed by atoms with van der Waals surface area (Å²) < 4.78 is 13.7. The Morgan fingerprint density at radius 3 is 2.69 bits per heavy atom. The highest BCUT2D eigenvalue weighted by Gasteiger charge is 2.27. The Kier molecular flexibility index (Phi) is 6.26. The molecule has 0 radical (unpaired) electrons. The first-order valence-electron chi connectivity index (χ1n) is 8.26.